The van der Waals surface area contributed by atoms with Crippen LogP contribution in [0.2, 0.25) is 0 Å². The highest BCUT2D eigenvalue weighted by Gasteiger charge is 2.17. The largest absolute Gasteiger partial charge is 0.494 e. The molecule has 4 rings (SSSR count). The number of aromatic nitrogens is 4. The Morgan fingerprint density at radius 2 is 1.59 bits per heavy atom. The van der Waals surface area contributed by atoms with Gasteiger partial charge in [-0.2, -0.15) is 9.61 Å². The molecular formula is C21H22N4OS. The highest BCUT2D eigenvalue weighted by Crippen LogP contribution is 2.30. The molecule has 0 atom stereocenters. The van der Waals surface area contributed by atoms with Gasteiger partial charge in [-0.1, -0.05) is 56.4 Å². The summed E-state index contributed by atoms with van der Waals surface area (Å²) < 4.78 is 7.33. The van der Waals surface area contributed by atoms with Crippen LogP contribution in [0.3, 0.4) is 0 Å². The summed E-state index contributed by atoms with van der Waals surface area (Å²) in [6.45, 7) is 9.27. The van der Waals surface area contributed by atoms with E-state index in [1.165, 1.54) is 16.9 Å². The van der Waals surface area contributed by atoms with Gasteiger partial charge in [0, 0.05) is 11.1 Å². The molecule has 0 aliphatic heterocycles. The van der Waals surface area contributed by atoms with E-state index in [1.807, 2.05) is 35.7 Å². The molecule has 138 valence electrons. The van der Waals surface area contributed by atoms with Gasteiger partial charge in [-0.25, -0.2) is 0 Å². The summed E-state index contributed by atoms with van der Waals surface area (Å²) in [5.41, 5.74) is 3.47. The van der Waals surface area contributed by atoms with Gasteiger partial charge in [0.2, 0.25) is 4.96 Å². The fraction of sp³-hybridized carbons (Fsp3) is 0.286. The van der Waals surface area contributed by atoms with E-state index in [0.29, 0.717) is 6.61 Å². The quantitative estimate of drug-likeness (QED) is 0.489. The monoisotopic (exact) mass is 378 g/mol. The maximum Gasteiger partial charge on any atom is 0.235 e. The third-order valence-electron chi connectivity index (χ3n) is 4.41. The van der Waals surface area contributed by atoms with Crippen molar-refractivity contribution in [3.8, 4) is 27.7 Å². The van der Waals surface area contributed by atoms with Gasteiger partial charge >= 0.3 is 0 Å². The van der Waals surface area contributed by atoms with E-state index in [0.717, 1.165) is 32.7 Å². The molecule has 0 saturated carbocycles. The van der Waals surface area contributed by atoms with E-state index in [2.05, 4.69) is 55.2 Å². The molecule has 4 aromatic rings. The third kappa shape index (κ3) is 3.45. The maximum absolute atomic E-state index is 5.51. The van der Waals surface area contributed by atoms with Crippen molar-refractivity contribution in [2.24, 2.45) is 0 Å². The molecule has 0 bridgehead atoms. The van der Waals surface area contributed by atoms with Crippen LogP contribution in [0.5, 0.6) is 5.75 Å². The highest BCUT2D eigenvalue weighted by atomic mass is 32.1. The molecular weight excluding hydrogens is 356 g/mol. The van der Waals surface area contributed by atoms with Crippen molar-refractivity contribution < 1.29 is 4.74 Å². The van der Waals surface area contributed by atoms with Crippen LogP contribution >= 0.6 is 11.3 Å². The van der Waals surface area contributed by atoms with E-state index >= 15 is 0 Å². The van der Waals surface area contributed by atoms with Gasteiger partial charge < -0.3 is 4.74 Å². The van der Waals surface area contributed by atoms with Crippen LogP contribution in [0.4, 0.5) is 0 Å². The lowest BCUT2D eigenvalue weighted by Crippen LogP contribution is -2.10. The van der Waals surface area contributed by atoms with Crippen molar-refractivity contribution in [3.63, 3.8) is 0 Å². The minimum atomic E-state index is 0.125. The average molecular weight is 379 g/mol. The van der Waals surface area contributed by atoms with Crippen LogP contribution < -0.4 is 4.74 Å². The summed E-state index contributed by atoms with van der Waals surface area (Å²) in [5, 5.41) is 14.3. The number of nitrogens with zero attached hydrogens (tertiary/aromatic N) is 4. The second-order valence-corrected chi connectivity index (χ2v) is 8.37. The SMILES string of the molecule is CCOc1ccc(-c2nn3c(-c4ccc(C(C)(C)C)cc4)nnc3s2)cc1. The number of hydrogen-bond acceptors (Lipinski definition) is 5. The van der Waals surface area contributed by atoms with Crippen molar-refractivity contribution in [1.29, 1.82) is 0 Å². The predicted molar refractivity (Wildman–Crippen MR) is 109 cm³/mol. The molecule has 2 aromatic heterocycles. The Morgan fingerprint density at radius 1 is 0.926 bits per heavy atom. The van der Waals surface area contributed by atoms with Gasteiger partial charge in [0.15, 0.2) is 5.82 Å². The zero-order valence-corrected chi connectivity index (χ0v) is 16.7. The van der Waals surface area contributed by atoms with Crippen molar-refractivity contribution in [1.82, 2.24) is 19.8 Å². The van der Waals surface area contributed by atoms with E-state index in [-0.39, 0.29) is 5.41 Å². The van der Waals surface area contributed by atoms with E-state index in [1.54, 1.807) is 0 Å². The minimum Gasteiger partial charge on any atom is -0.494 e. The summed E-state index contributed by atoms with van der Waals surface area (Å²) >= 11 is 1.53. The Kier molecular flexibility index (Phi) is 4.44. The summed E-state index contributed by atoms with van der Waals surface area (Å²) in [5.74, 6) is 1.63. The Bertz CT molecular complexity index is 1060. The van der Waals surface area contributed by atoms with Crippen molar-refractivity contribution in [2.45, 2.75) is 33.1 Å². The van der Waals surface area contributed by atoms with Gasteiger partial charge in [0.25, 0.3) is 0 Å². The smallest absolute Gasteiger partial charge is 0.235 e. The predicted octanol–water partition coefficient (Wildman–Crippen LogP) is 5.22. The number of ether oxygens (including phenoxy) is 1. The Labute approximate surface area is 162 Å². The number of fused-ring (bicyclic) bond motifs is 1. The molecule has 0 aliphatic rings. The zero-order chi connectivity index (χ0) is 19.0. The number of hydrogen-bond donors (Lipinski definition) is 0. The summed E-state index contributed by atoms with van der Waals surface area (Å²) in [4.78, 5) is 0.786. The normalized spacial score (nSPS) is 11.9. The molecule has 0 aliphatic carbocycles. The molecule has 0 N–H and O–H groups in total. The first-order chi connectivity index (χ1) is 13.0. The molecule has 2 aromatic carbocycles. The van der Waals surface area contributed by atoms with Crippen LogP contribution in [-0.2, 0) is 5.41 Å². The van der Waals surface area contributed by atoms with E-state index in [9.17, 15) is 0 Å². The molecule has 0 spiro atoms. The van der Waals surface area contributed by atoms with Crippen molar-refractivity contribution in [3.05, 3.63) is 54.1 Å². The molecule has 0 unspecified atom stereocenters. The summed E-state index contributed by atoms with van der Waals surface area (Å²) in [6.07, 6.45) is 0. The van der Waals surface area contributed by atoms with Gasteiger partial charge in [-0.3, -0.25) is 0 Å². The standard InChI is InChI=1S/C21H22N4OS/c1-5-26-17-12-8-15(9-13-17)19-24-25-18(22-23-20(25)27-19)14-6-10-16(11-7-14)21(2,3)4/h6-13H,5H2,1-4H3. The first-order valence-electron chi connectivity index (χ1n) is 9.02. The van der Waals surface area contributed by atoms with E-state index in [4.69, 9.17) is 9.84 Å². The third-order valence-corrected chi connectivity index (χ3v) is 5.36. The second kappa shape index (κ2) is 6.78. The maximum atomic E-state index is 5.51. The zero-order valence-electron chi connectivity index (χ0n) is 15.9. The fourth-order valence-electron chi connectivity index (χ4n) is 2.89. The molecule has 0 saturated heterocycles. The molecule has 2 heterocycles. The highest BCUT2D eigenvalue weighted by molar-refractivity contribution is 7.19. The Morgan fingerprint density at radius 3 is 2.22 bits per heavy atom. The Balaban J connectivity index is 1.68. The second-order valence-electron chi connectivity index (χ2n) is 7.41. The first-order valence-corrected chi connectivity index (χ1v) is 9.84. The topological polar surface area (TPSA) is 52.3 Å². The van der Waals surface area contributed by atoms with Gasteiger partial charge in [-0.05, 0) is 42.2 Å². The van der Waals surface area contributed by atoms with Crippen LogP contribution in [0.1, 0.15) is 33.3 Å². The summed E-state index contributed by atoms with van der Waals surface area (Å²) in [7, 11) is 0. The van der Waals surface area contributed by atoms with Gasteiger partial charge in [0.05, 0.1) is 6.61 Å². The van der Waals surface area contributed by atoms with Gasteiger partial charge in [0.1, 0.15) is 10.8 Å². The van der Waals surface area contributed by atoms with Crippen molar-refractivity contribution >= 4 is 16.3 Å². The van der Waals surface area contributed by atoms with Crippen LogP contribution in [0.15, 0.2) is 48.5 Å². The Hall–Kier alpha value is -2.73. The first kappa shape index (κ1) is 17.7. The van der Waals surface area contributed by atoms with Crippen LogP contribution in [-0.4, -0.2) is 26.4 Å². The number of rotatable bonds is 4. The molecule has 6 heteroatoms. The minimum absolute atomic E-state index is 0.125. The fourth-order valence-corrected chi connectivity index (χ4v) is 3.74. The summed E-state index contributed by atoms with van der Waals surface area (Å²) in [6, 6.07) is 16.5. The van der Waals surface area contributed by atoms with Crippen LogP contribution in [0, 0.1) is 0 Å². The lowest BCUT2D eigenvalue weighted by atomic mass is 9.87. The lowest BCUT2D eigenvalue weighted by Gasteiger charge is -2.18. The molecule has 0 amide bonds. The van der Waals surface area contributed by atoms with E-state index < -0.39 is 0 Å². The molecule has 0 fully saturated rings. The van der Waals surface area contributed by atoms with Gasteiger partial charge in [-0.15, -0.1) is 10.2 Å². The van der Waals surface area contributed by atoms with Crippen LogP contribution in [0.25, 0.3) is 26.9 Å². The van der Waals surface area contributed by atoms with Crippen molar-refractivity contribution in [2.75, 3.05) is 6.61 Å². The average Bonchev–Trinajstić information content (AvgIpc) is 3.23. The molecule has 27 heavy (non-hydrogen) atoms. The number of benzene rings is 2. The molecule has 5 nitrogen and oxygen atoms in total. The molecule has 0 radical (unpaired) electrons. The lowest BCUT2D eigenvalue weighted by molar-refractivity contribution is 0.340.